The molecule has 0 saturated heterocycles. The van der Waals surface area contributed by atoms with Crippen LogP contribution in [0.5, 0.6) is 0 Å². The van der Waals surface area contributed by atoms with Gasteiger partial charge in [-0.2, -0.15) is 4.68 Å². The van der Waals surface area contributed by atoms with Crippen LogP contribution in [0.1, 0.15) is 124 Å². The molecule has 0 spiro atoms. The number of esters is 1. The van der Waals surface area contributed by atoms with Crippen LogP contribution in [-0.2, 0) is 14.3 Å². The average molecular weight is 466 g/mol. The Hall–Kier alpha value is -1.92. The molecule has 33 heavy (non-hydrogen) atoms. The van der Waals surface area contributed by atoms with Crippen LogP contribution < -0.4 is 0 Å². The minimum atomic E-state index is -0.495. The third-order valence-electron chi connectivity index (χ3n) is 6.07. The Balaban J connectivity index is 2.33. The van der Waals surface area contributed by atoms with E-state index in [9.17, 15) is 9.59 Å². The van der Waals surface area contributed by atoms with Gasteiger partial charge in [0.15, 0.2) is 0 Å². The number of hydrogen-bond acceptors (Lipinski definition) is 6. The fraction of sp³-hybridized carbons (Fsp3) is 0.846. The highest BCUT2D eigenvalue weighted by Gasteiger charge is 2.17. The fourth-order valence-corrected chi connectivity index (χ4v) is 3.98. The van der Waals surface area contributed by atoms with Crippen molar-refractivity contribution in [2.24, 2.45) is 5.92 Å². The van der Waals surface area contributed by atoms with E-state index in [2.05, 4.69) is 30.9 Å². The van der Waals surface area contributed by atoms with Crippen molar-refractivity contribution < 1.29 is 19.1 Å². The number of nitrogens with zero attached hydrogens (tertiary/aromatic N) is 3. The van der Waals surface area contributed by atoms with Crippen molar-refractivity contribution in [1.82, 2.24) is 14.8 Å². The van der Waals surface area contributed by atoms with Crippen molar-refractivity contribution in [2.75, 3.05) is 6.61 Å². The normalized spacial score (nSPS) is 12.1. The summed E-state index contributed by atoms with van der Waals surface area (Å²) in [7, 11) is 0. The number of hydrogen-bond donors (Lipinski definition) is 0. The van der Waals surface area contributed by atoms with Gasteiger partial charge in [0.1, 0.15) is 18.8 Å². The highest BCUT2D eigenvalue weighted by Crippen LogP contribution is 2.19. The lowest BCUT2D eigenvalue weighted by molar-refractivity contribution is -0.145. The average Bonchev–Trinajstić information content (AvgIpc) is 3.35. The zero-order valence-electron chi connectivity index (χ0n) is 21.3. The molecule has 0 radical (unpaired) electrons. The number of carbonyl (C=O) groups excluding carboxylic acids is 2. The topological polar surface area (TPSA) is 83.3 Å². The van der Waals surface area contributed by atoms with Crippen molar-refractivity contribution in [3.63, 3.8) is 0 Å². The van der Waals surface area contributed by atoms with Crippen LogP contribution >= 0.6 is 0 Å². The van der Waals surface area contributed by atoms with Gasteiger partial charge >= 0.3 is 12.1 Å². The highest BCUT2D eigenvalue weighted by atomic mass is 16.6. The molecule has 0 aliphatic rings. The Kier molecular flexibility index (Phi) is 17.2. The second-order valence-electron chi connectivity index (χ2n) is 9.13. The molecule has 0 bridgehead atoms. The van der Waals surface area contributed by atoms with Crippen LogP contribution in [0.15, 0.2) is 12.7 Å². The van der Waals surface area contributed by atoms with Crippen molar-refractivity contribution >= 4 is 12.1 Å². The van der Waals surface area contributed by atoms with Gasteiger partial charge in [-0.15, -0.1) is 5.10 Å². The minimum Gasteiger partial charge on any atom is -0.465 e. The summed E-state index contributed by atoms with van der Waals surface area (Å²) in [5.74, 6) is 0.388. The SMILES string of the molecule is CCCCCC(CCCCC)COC(=O)CCCCC(CCCCC)OC(=O)n1cncn1. The summed E-state index contributed by atoms with van der Waals surface area (Å²) in [5.41, 5.74) is 0. The summed E-state index contributed by atoms with van der Waals surface area (Å²) < 4.78 is 12.4. The van der Waals surface area contributed by atoms with E-state index in [0.29, 0.717) is 18.9 Å². The van der Waals surface area contributed by atoms with Crippen molar-refractivity contribution in [3.8, 4) is 0 Å². The molecule has 7 nitrogen and oxygen atoms in total. The van der Waals surface area contributed by atoms with Gasteiger partial charge in [-0.1, -0.05) is 72.1 Å². The number of ether oxygens (including phenoxy) is 2. The Morgan fingerprint density at radius 3 is 1.94 bits per heavy atom. The second-order valence-corrected chi connectivity index (χ2v) is 9.13. The predicted octanol–water partition coefficient (Wildman–Crippen LogP) is 7.09. The lowest BCUT2D eigenvalue weighted by Gasteiger charge is -2.18. The first-order chi connectivity index (χ1) is 16.1. The molecule has 1 aromatic rings. The first-order valence-electron chi connectivity index (χ1n) is 13.3. The summed E-state index contributed by atoms with van der Waals surface area (Å²) >= 11 is 0. The van der Waals surface area contributed by atoms with Gasteiger partial charge in [0, 0.05) is 6.42 Å². The van der Waals surface area contributed by atoms with Gasteiger partial charge in [0.25, 0.3) is 0 Å². The molecule has 0 saturated carbocycles. The van der Waals surface area contributed by atoms with Crippen LogP contribution in [-0.4, -0.2) is 39.5 Å². The molecule has 7 heteroatoms. The van der Waals surface area contributed by atoms with Crippen LogP contribution in [0.25, 0.3) is 0 Å². The third-order valence-corrected chi connectivity index (χ3v) is 6.07. The summed E-state index contributed by atoms with van der Waals surface area (Å²) in [5, 5.41) is 3.84. The molecule has 1 atom stereocenters. The Labute approximate surface area is 201 Å². The van der Waals surface area contributed by atoms with Gasteiger partial charge in [-0.05, 0) is 50.9 Å². The molecule has 0 N–H and O–H groups in total. The number of aromatic nitrogens is 3. The molecule has 1 heterocycles. The van der Waals surface area contributed by atoms with E-state index in [1.807, 2.05) is 0 Å². The van der Waals surface area contributed by atoms with Gasteiger partial charge in [-0.25, -0.2) is 9.78 Å². The van der Waals surface area contributed by atoms with Gasteiger partial charge in [0.2, 0.25) is 0 Å². The first kappa shape index (κ1) is 29.1. The van der Waals surface area contributed by atoms with E-state index in [4.69, 9.17) is 9.47 Å². The van der Waals surface area contributed by atoms with Crippen molar-refractivity contribution in [2.45, 2.75) is 130 Å². The zero-order valence-corrected chi connectivity index (χ0v) is 21.3. The summed E-state index contributed by atoms with van der Waals surface area (Å²) in [6.45, 7) is 7.15. The fourth-order valence-electron chi connectivity index (χ4n) is 3.98. The quantitative estimate of drug-likeness (QED) is 0.151. The Morgan fingerprint density at radius 2 is 1.39 bits per heavy atom. The lowest BCUT2D eigenvalue weighted by Crippen LogP contribution is -2.23. The van der Waals surface area contributed by atoms with Gasteiger partial charge in [0.05, 0.1) is 6.61 Å². The molecule has 190 valence electrons. The molecule has 0 fully saturated rings. The lowest BCUT2D eigenvalue weighted by atomic mass is 9.96. The van der Waals surface area contributed by atoms with Gasteiger partial charge in [-0.3, -0.25) is 4.79 Å². The Morgan fingerprint density at radius 1 is 0.818 bits per heavy atom. The van der Waals surface area contributed by atoms with Crippen molar-refractivity contribution in [1.29, 1.82) is 0 Å². The smallest absolute Gasteiger partial charge is 0.436 e. The zero-order chi connectivity index (χ0) is 24.2. The van der Waals surface area contributed by atoms with E-state index in [-0.39, 0.29) is 12.1 Å². The third kappa shape index (κ3) is 14.8. The number of rotatable bonds is 20. The largest absolute Gasteiger partial charge is 0.465 e. The van der Waals surface area contributed by atoms with E-state index in [1.165, 1.54) is 51.2 Å². The minimum absolute atomic E-state index is 0.104. The molecule has 0 aliphatic carbocycles. The highest BCUT2D eigenvalue weighted by molar-refractivity contribution is 5.69. The van der Waals surface area contributed by atoms with Crippen molar-refractivity contribution in [3.05, 3.63) is 12.7 Å². The van der Waals surface area contributed by atoms with E-state index < -0.39 is 6.09 Å². The molecule has 0 amide bonds. The first-order valence-corrected chi connectivity index (χ1v) is 13.3. The van der Waals surface area contributed by atoms with E-state index >= 15 is 0 Å². The summed E-state index contributed by atoms with van der Waals surface area (Å²) in [4.78, 5) is 28.3. The molecule has 0 aromatic carbocycles. The predicted molar refractivity (Wildman–Crippen MR) is 131 cm³/mol. The van der Waals surface area contributed by atoms with Crippen LogP contribution in [0.4, 0.5) is 4.79 Å². The van der Waals surface area contributed by atoms with Crippen LogP contribution in [0.3, 0.4) is 0 Å². The van der Waals surface area contributed by atoms with E-state index in [0.717, 1.165) is 62.5 Å². The maximum Gasteiger partial charge on any atom is 0.436 e. The molecule has 1 rings (SSSR count). The molecule has 1 aromatic heterocycles. The monoisotopic (exact) mass is 465 g/mol. The molecule has 0 aliphatic heterocycles. The van der Waals surface area contributed by atoms with E-state index in [1.54, 1.807) is 0 Å². The number of unbranched alkanes of at least 4 members (excludes halogenated alkanes) is 7. The molecular weight excluding hydrogens is 418 g/mol. The molecule has 1 unspecified atom stereocenters. The van der Waals surface area contributed by atoms with Crippen LogP contribution in [0.2, 0.25) is 0 Å². The second kappa shape index (κ2) is 19.5. The summed E-state index contributed by atoms with van der Waals surface area (Å²) in [6, 6.07) is 0. The maximum atomic E-state index is 12.3. The van der Waals surface area contributed by atoms with Gasteiger partial charge < -0.3 is 9.47 Å². The summed E-state index contributed by atoms with van der Waals surface area (Å²) in [6.07, 6.45) is 18.5. The standard InChI is InChI=1S/C26H47N3O4/c1-4-7-10-15-23(16-11-8-5-2)20-32-25(30)19-14-13-18-24(17-12-9-6-3)33-26(31)29-22-27-21-28-29/h21-24H,4-20H2,1-3H3. The molecular formula is C26H47N3O4. The number of carbonyl (C=O) groups is 2. The Bertz CT molecular complexity index is 597. The van der Waals surface area contributed by atoms with Crippen LogP contribution in [0, 0.1) is 5.92 Å². The maximum absolute atomic E-state index is 12.3.